The minimum atomic E-state index is -0.700. The lowest BCUT2D eigenvalue weighted by Crippen LogP contribution is -2.57. The van der Waals surface area contributed by atoms with Crippen LogP contribution in [0.3, 0.4) is 0 Å². The fraction of sp³-hybridized carbons (Fsp3) is 0.435. The summed E-state index contributed by atoms with van der Waals surface area (Å²) in [6.07, 6.45) is 3.67. The number of nitrogens with one attached hydrogen (secondary N) is 1. The topological polar surface area (TPSA) is 52.6 Å². The van der Waals surface area contributed by atoms with Gasteiger partial charge in [-0.2, -0.15) is 0 Å². The van der Waals surface area contributed by atoms with E-state index in [1.54, 1.807) is 18.2 Å². The van der Waals surface area contributed by atoms with E-state index in [1.807, 2.05) is 32.3 Å². The van der Waals surface area contributed by atoms with Crippen LogP contribution in [0.15, 0.2) is 48.5 Å². The van der Waals surface area contributed by atoms with Crippen LogP contribution in [0, 0.1) is 0 Å². The summed E-state index contributed by atoms with van der Waals surface area (Å²) in [5, 5.41) is 15.0. The fourth-order valence-electron chi connectivity index (χ4n) is 4.10. The molecule has 0 aromatic heterocycles. The maximum Gasteiger partial charge on any atom is 0.251 e. The number of nitrogens with zero attached hydrogens (tertiary/aromatic N) is 1. The van der Waals surface area contributed by atoms with Crippen molar-refractivity contribution in [1.82, 2.24) is 10.2 Å². The molecule has 1 saturated carbocycles. The predicted molar refractivity (Wildman–Crippen MR) is 119 cm³/mol. The molecule has 3 rings (SSSR count). The van der Waals surface area contributed by atoms with Crippen molar-refractivity contribution in [2.75, 3.05) is 20.6 Å². The van der Waals surface area contributed by atoms with Gasteiger partial charge in [0, 0.05) is 24.1 Å². The standard InChI is InChI=1S/C23H28Cl2N2O2/c1-27(2)22(16-26-21(28)18-8-9-19(24)20(25)14-18)10-12-23(29,13-11-22)15-17-6-4-3-5-7-17/h3-9,14,29H,10-13,15-16H2,1-2H3,(H,26,28). The molecular formula is C23H28Cl2N2O2. The van der Waals surface area contributed by atoms with Crippen molar-refractivity contribution in [2.24, 2.45) is 0 Å². The van der Waals surface area contributed by atoms with Crippen molar-refractivity contribution in [3.8, 4) is 0 Å². The van der Waals surface area contributed by atoms with Gasteiger partial charge in [-0.25, -0.2) is 0 Å². The van der Waals surface area contributed by atoms with Crippen LogP contribution >= 0.6 is 23.2 Å². The molecule has 2 N–H and O–H groups in total. The number of amides is 1. The van der Waals surface area contributed by atoms with Crippen LogP contribution in [-0.2, 0) is 6.42 Å². The average Bonchev–Trinajstić information content (AvgIpc) is 2.70. The van der Waals surface area contributed by atoms with Crippen LogP contribution in [0.5, 0.6) is 0 Å². The molecular weight excluding hydrogens is 407 g/mol. The quantitative estimate of drug-likeness (QED) is 0.699. The average molecular weight is 435 g/mol. The molecule has 0 unspecified atom stereocenters. The van der Waals surface area contributed by atoms with Gasteiger partial charge >= 0.3 is 0 Å². The van der Waals surface area contributed by atoms with Crippen molar-refractivity contribution in [2.45, 2.75) is 43.2 Å². The predicted octanol–water partition coefficient (Wildman–Crippen LogP) is 4.57. The number of benzene rings is 2. The second kappa shape index (κ2) is 9.05. The summed E-state index contributed by atoms with van der Waals surface area (Å²) in [6, 6.07) is 15.0. The first-order valence-corrected chi connectivity index (χ1v) is 10.7. The van der Waals surface area contributed by atoms with Gasteiger partial charge in [-0.3, -0.25) is 4.79 Å². The van der Waals surface area contributed by atoms with Gasteiger partial charge in [-0.1, -0.05) is 53.5 Å². The summed E-state index contributed by atoms with van der Waals surface area (Å²) in [4.78, 5) is 14.8. The Balaban J connectivity index is 1.64. The lowest BCUT2D eigenvalue weighted by atomic mass is 9.71. The monoisotopic (exact) mass is 434 g/mol. The van der Waals surface area contributed by atoms with E-state index >= 15 is 0 Å². The van der Waals surface area contributed by atoms with E-state index in [0.29, 0.717) is 41.4 Å². The first kappa shape index (κ1) is 22.1. The van der Waals surface area contributed by atoms with E-state index in [1.165, 1.54) is 0 Å². The number of hydrogen-bond donors (Lipinski definition) is 2. The zero-order valence-electron chi connectivity index (χ0n) is 16.9. The largest absolute Gasteiger partial charge is 0.390 e. The van der Waals surface area contributed by atoms with Gasteiger partial charge in [0.25, 0.3) is 5.91 Å². The summed E-state index contributed by atoms with van der Waals surface area (Å²) in [6.45, 7) is 0.514. The summed E-state index contributed by atoms with van der Waals surface area (Å²) < 4.78 is 0. The first-order chi connectivity index (χ1) is 13.7. The molecule has 0 aliphatic heterocycles. The van der Waals surface area contributed by atoms with Crippen molar-refractivity contribution < 1.29 is 9.90 Å². The van der Waals surface area contributed by atoms with Crippen molar-refractivity contribution in [3.05, 3.63) is 69.7 Å². The van der Waals surface area contributed by atoms with Crippen LogP contribution in [0.2, 0.25) is 10.0 Å². The number of aliphatic hydroxyl groups is 1. The molecule has 0 saturated heterocycles. The number of hydrogen-bond acceptors (Lipinski definition) is 3. The Morgan fingerprint density at radius 1 is 1.03 bits per heavy atom. The zero-order chi connectivity index (χ0) is 21.1. The Bertz CT molecular complexity index is 847. The molecule has 6 heteroatoms. The number of halogens is 2. The maximum absolute atomic E-state index is 12.6. The molecule has 2 aromatic rings. The molecule has 1 aliphatic rings. The Labute approximate surface area is 182 Å². The smallest absolute Gasteiger partial charge is 0.251 e. The third kappa shape index (κ3) is 5.32. The highest BCUT2D eigenvalue weighted by atomic mass is 35.5. The third-order valence-corrected chi connectivity index (χ3v) is 6.93. The third-order valence-electron chi connectivity index (χ3n) is 6.20. The molecule has 156 valence electrons. The minimum absolute atomic E-state index is 0.171. The molecule has 1 aliphatic carbocycles. The summed E-state index contributed by atoms with van der Waals surface area (Å²) in [7, 11) is 4.07. The molecule has 0 atom stereocenters. The van der Waals surface area contributed by atoms with E-state index in [2.05, 4.69) is 22.3 Å². The molecule has 1 amide bonds. The van der Waals surface area contributed by atoms with Gasteiger partial charge in [0.1, 0.15) is 0 Å². The van der Waals surface area contributed by atoms with Crippen molar-refractivity contribution in [3.63, 3.8) is 0 Å². The molecule has 0 spiro atoms. The maximum atomic E-state index is 12.6. The van der Waals surface area contributed by atoms with Gasteiger partial charge in [0.05, 0.1) is 15.6 Å². The number of carbonyl (C=O) groups is 1. The second-order valence-electron chi connectivity index (χ2n) is 8.32. The molecule has 0 heterocycles. The van der Waals surface area contributed by atoms with Gasteiger partial charge in [0.15, 0.2) is 0 Å². The normalized spacial score (nSPS) is 24.5. The molecule has 0 bridgehead atoms. The van der Waals surface area contributed by atoms with Crippen LogP contribution < -0.4 is 5.32 Å². The van der Waals surface area contributed by atoms with Crippen molar-refractivity contribution >= 4 is 29.1 Å². The van der Waals surface area contributed by atoms with E-state index in [0.717, 1.165) is 18.4 Å². The SMILES string of the molecule is CN(C)C1(CNC(=O)c2ccc(Cl)c(Cl)c2)CCC(O)(Cc2ccccc2)CC1. The Hall–Kier alpha value is -1.59. The van der Waals surface area contributed by atoms with Gasteiger partial charge in [-0.15, -0.1) is 0 Å². The van der Waals surface area contributed by atoms with Gasteiger partial charge in [0.2, 0.25) is 0 Å². The lowest BCUT2D eigenvalue weighted by molar-refractivity contribution is -0.0426. The van der Waals surface area contributed by atoms with Gasteiger partial charge < -0.3 is 15.3 Å². The van der Waals surface area contributed by atoms with Crippen LogP contribution in [-0.4, -0.2) is 47.7 Å². The molecule has 29 heavy (non-hydrogen) atoms. The molecule has 0 radical (unpaired) electrons. The molecule has 4 nitrogen and oxygen atoms in total. The highest BCUT2D eigenvalue weighted by Gasteiger charge is 2.43. The van der Waals surface area contributed by atoms with Crippen molar-refractivity contribution in [1.29, 1.82) is 0 Å². The van der Waals surface area contributed by atoms with E-state index < -0.39 is 5.60 Å². The number of likely N-dealkylation sites (N-methyl/N-ethyl adjacent to an activating group) is 1. The number of carbonyl (C=O) groups excluding carboxylic acids is 1. The van der Waals surface area contributed by atoms with Gasteiger partial charge in [-0.05, 0) is 63.5 Å². The van der Waals surface area contributed by atoms with E-state index in [9.17, 15) is 9.90 Å². The lowest BCUT2D eigenvalue weighted by Gasteiger charge is -2.48. The number of rotatable bonds is 6. The van der Waals surface area contributed by atoms with Crippen LogP contribution in [0.1, 0.15) is 41.6 Å². The summed E-state index contributed by atoms with van der Waals surface area (Å²) >= 11 is 12.0. The Kier molecular flexibility index (Phi) is 6.90. The highest BCUT2D eigenvalue weighted by Crippen LogP contribution is 2.39. The Morgan fingerprint density at radius 2 is 1.69 bits per heavy atom. The Morgan fingerprint density at radius 3 is 2.28 bits per heavy atom. The zero-order valence-corrected chi connectivity index (χ0v) is 18.4. The van der Waals surface area contributed by atoms with E-state index in [-0.39, 0.29) is 11.4 Å². The second-order valence-corrected chi connectivity index (χ2v) is 9.13. The molecule has 2 aromatic carbocycles. The highest BCUT2D eigenvalue weighted by molar-refractivity contribution is 6.42. The van der Waals surface area contributed by atoms with Crippen LogP contribution in [0.4, 0.5) is 0 Å². The molecule has 1 fully saturated rings. The minimum Gasteiger partial charge on any atom is -0.390 e. The van der Waals surface area contributed by atoms with Crippen LogP contribution in [0.25, 0.3) is 0 Å². The fourth-order valence-corrected chi connectivity index (χ4v) is 4.40. The summed E-state index contributed by atoms with van der Waals surface area (Å²) in [5.74, 6) is -0.171. The summed E-state index contributed by atoms with van der Waals surface area (Å²) in [5.41, 5.74) is 0.758. The first-order valence-electron chi connectivity index (χ1n) is 9.90. The van der Waals surface area contributed by atoms with E-state index in [4.69, 9.17) is 23.2 Å².